The third kappa shape index (κ3) is 3.79. The van der Waals surface area contributed by atoms with Crippen LogP contribution in [0.4, 0.5) is 0 Å². The molecule has 2 nitrogen and oxygen atoms in total. The molecule has 0 bridgehead atoms. The van der Waals surface area contributed by atoms with E-state index < -0.39 is 0 Å². The van der Waals surface area contributed by atoms with Gasteiger partial charge in [0, 0.05) is 23.7 Å². The molecule has 1 heterocycles. The minimum Gasteiger partial charge on any atom is -0.496 e. The molecule has 0 aromatic heterocycles. The van der Waals surface area contributed by atoms with Crippen molar-refractivity contribution in [2.75, 3.05) is 33.0 Å². The number of methoxy groups -OCH3 is 1. The van der Waals surface area contributed by atoms with Crippen LogP contribution in [0.3, 0.4) is 0 Å². The van der Waals surface area contributed by atoms with E-state index in [0.717, 1.165) is 31.7 Å². The molecular formula is C23H29NOS. The van der Waals surface area contributed by atoms with Gasteiger partial charge in [-0.25, -0.2) is 0 Å². The number of benzene rings is 2. The van der Waals surface area contributed by atoms with Crippen LogP contribution in [0.1, 0.15) is 41.0 Å². The van der Waals surface area contributed by atoms with Gasteiger partial charge in [-0.15, -0.1) is 11.8 Å². The minimum absolute atomic E-state index is 0.634. The van der Waals surface area contributed by atoms with Gasteiger partial charge in [0.2, 0.25) is 0 Å². The molecule has 138 valence electrons. The fraction of sp³-hybridized carbons (Fsp3) is 0.478. The summed E-state index contributed by atoms with van der Waals surface area (Å²) < 4.78 is 5.59. The summed E-state index contributed by atoms with van der Waals surface area (Å²) in [5.41, 5.74) is 5.97. The molecule has 2 aromatic carbocycles. The summed E-state index contributed by atoms with van der Waals surface area (Å²) in [7, 11) is 4.07. The predicted molar refractivity (Wildman–Crippen MR) is 111 cm³/mol. The Hall–Kier alpha value is -1.45. The smallest absolute Gasteiger partial charge is 0.122 e. The Morgan fingerprint density at radius 2 is 2.12 bits per heavy atom. The van der Waals surface area contributed by atoms with Gasteiger partial charge in [-0.2, -0.15) is 0 Å². The topological polar surface area (TPSA) is 12.5 Å². The monoisotopic (exact) mass is 367 g/mol. The number of fused-ring (bicyclic) bond motifs is 2. The van der Waals surface area contributed by atoms with Gasteiger partial charge in [0.25, 0.3) is 0 Å². The van der Waals surface area contributed by atoms with Gasteiger partial charge in [0.05, 0.1) is 7.11 Å². The number of nitrogens with zero attached hydrogens (tertiary/aromatic N) is 1. The number of aryl methyl sites for hydroxylation is 1. The number of thioether (sulfide) groups is 1. The van der Waals surface area contributed by atoms with Crippen LogP contribution in [-0.2, 0) is 19.3 Å². The third-order valence-electron chi connectivity index (χ3n) is 5.88. The Bertz CT molecular complexity index is 773. The second-order valence-corrected chi connectivity index (χ2v) is 8.81. The lowest BCUT2D eigenvalue weighted by atomic mass is 9.82. The molecule has 0 saturated heterocycles. The molecule has 4 rings (SSSR count). The highest BCUT2D eigenvalue weighted by atomic mass is 32.2. The zero-order chi connectivity index (χ0) is 17.9. The van der Waals surface area contributed by atoms with Crippen LogP contribution >= 0.6 is 11.8 Å². The van der Waals surface area contributed by atoms with E-state index in [1.54, 1.807) is 12.7 Å². The highest BCUT2D eigenvalue weighted by Gasteiger charge is 2.23. The quantitative estimate of drug-likeness (QED) is 0.718. The van der Waals surface area contributed by atoms with Gasteiger partial charge < -0.3 is 9.64 Å². The molecule has 0 fully saturated rings. The van der Waals surface area contributed by atoms with E-state index in [2.05, 4.69) is 48.3 Å². The maximum atomic E-state index is 5.59. The molecule has 1 unspecified atom stereocenters. The molecule has 1 aliphatic heterocycles. The highest BCUT2D eigenvalue weighted by Crippen LogP contribution is 2.37. The number of hydrogen-bond donors (Lipinski definition) is 0. The van der Waals surface area contributed by atoms with Crippen molar-refractivity contribution < 1.29 is 4.74 Å². The molecule has 2 aromatic rings. The van der Waals surface area contributed by atoms with Crippen LogP contribution in [0.15, 0.2) is 41.3 Å². The summed E-state index contributed by atoms with van der Waals surface area (Å²) in [6.45, 7) is 2.26. The predicted octanol–water partition coefficient (Wildman–Crippen LogP) is 4.94. The van der Waals surface area contributed by atoms with Gasteiger partial charge in [-0.05, 0) is 79.5 Å². The largest absolute Gasteiger partial charge is 0.496 e. The van der Waals surface area contributed by atoms with Gasteiger partial charge >= 0.3 is 0 Å². The van der Waals surface area contributed by atoms with E-state index >= 15 is 0 Å². The van der Waals surface area contributed by atoms with Crippen molar-refractivity contribution in [2.45, 2.75) is 42.9 Å². The Morgan fingerprint density at radius 1 is 1.19 bits per heavy atom. The van der Waals surface area contributed by atoms with Crippen LogP contribution in [0.5, 0.6) is 5.75 Å². The molecule has 0 amide bonds. The van der Waals surface area contributed by atoms with Crippen molar-refractivity contribution in [2.24, 2.45) is 0 Å². The van der Waals surface area contributed by atoms with Gasteiger partial charge in [-0.3, -0.25) is 0 Å². The fourth-order valence-corrected chi connectivity index (χ4v) is 5.58. The summed E-state index contributed by atoms with van der Waals surface area (Å²) >= 11 is 2.02. The van der Waals surface area contributed by atoms with E-state index in [4.69, 9.17) is 4.74 Å². The van der Waals surface area contributed by atoms with Crippen molar-refractivity contribution in [1.29, 1.82) is 0 Å². The summed E-state index contributed by atoms with van der Waals surface area (Å²) in [6.07, 6.45) is 6.10. The minimum atomic E-state index is 0.634. The first-order valence-electron chi connectivity index (χ1n) is 9.83. The Balaban J connectivity index is 1.38. The van der Waals surface area contributed by atoms with Crippen LogP contribution in [0.2, 0.25) is 0 Å². The first-order valence-corrected chi connectivity index (χ1v) is 10.8. The first-order chi connectivity index (χ1) is 12.7. The fourth-order valence-electron chi connectivity index (χ4n) is 4.45. The van der Waals surface area contributed by atoms with Crippen molar-refractivity contribution in [3.8, 4) is 5.75 Å². The second kappa shape index (κ2) is 8.06. The molecule has 2 aliphatic rings. The van der Waals surface area contributed by atoms with E-state index in [1.165, 1.54) is 46.6 Å². The van der Waals surface area contributed by atoms with Crippen molar-refractivity contribution in [3.63, 3.8) is 0 Å². The maximum Gasteiger partial charge on any atom is 0.122 e. The zero-order valence-corrected chi connectivity index (χ0v) is 16.8. The van der Waals surface area contributed by atoms with E-state index in [-0.39, 0.29) is 0 Å². The molecule has 26 heavy (non-hydrogen) atoms. The van der Waals surface area contributed by atoms with Crippen molar-refractivity contribution in [1.82, 2.24) is 4.90 Å². The van der Waals surface area contributed by atoms with Crippen LogP contribution in [0, 0.1) is 0 Å². The van der Waals surface area contributed by atoms with Crippen molar-refractivity contribution in [3.05, 3.63) is 58.7 Å². The highest BCUT2D eigenvalue weighted by molar-refractivity contribution is 7.99. The second-order valence-electron chi connectivity index (χ2n) is 7.67. The number of likely N-dealkylation sites (N-methyl/N-ethyl adjacent to an activating group) is 1. The van der Waals surface area contributed by atoms with E-state index in [9.17, 15) is 0 Å². The lowest BCUT2D eigenvalue weighted by molar-refractivity contribution is 0.299. The summed E-state index contributed by atoms with van der Waals surface area (Å²) in [4.78, 5) is 4.03. The lowest BCUT2D eigenvalue weighted by Crippen LogP contribution is -2.28. The van der Waals surface area contributed by atoms with E-state index in [0.29, 0.717) is 5.92 Å². The molecule has 0 radical (unpaired) electrons. The summed E-state index contributed by atoms with van der Waals surface area (Å²) in [5, 5.41) is 0. The number of ether oxygens (including phenoxy) is 1. The van der Waals surface area contributed by atoms with Crippen LogP contribution in [-0.4, -0.2) is 37.9 Å². The lowest BCUT2D eigenvalue weighted by Gasteiger charge is -2.30. The Labute approximate surface area is 161 Å². The SMILES string of the molecule is COc1cccc2c1CCCC2CN(C)CCc1ccc2c(c1)SCC2. The molecule has 3 heteroatoms. The molecule has 1 atom stereocenters. The average molecular weight is 368 g/mol. The zero-order valence-electron chi connectivity index (χ0n) is 16.0. The summed E-state index contributed by atoms with van der Waals surface area (Å²) in [5.74, 6) is 2.96. The maximum absolute atomic E-state index is 5.59. The van der Waals surface area contributed by atoms with Crippen LogP contribution in [0.25, 0.3) is 0 Å². The molecule has 0 saturated carbocycles. The van der Waals surface area contributed by atoms with Crippen LogP contribution < -0.4 is 4.74 Å². The van der Waals surface area contributed by atoms with E-state index in [1.807, 2.05) is 11.8 Å². The standard InChI is InChI=1S/C23H29NOS/c1-24(13-11-17-9-10-18-12-14-26-23(18)15-17)16-19-5-3-7-21-20(19)6-4-8-22(21)25-2/h4,6,8-10,15,19H,3,5,7,11-14,16H2,1-2H3. The van der Waals surface area contributed by atoms with Gasteiger partial charge in [0.15, 0.2) is 0 Å². The average Bonchev–Trinajstić information content (AvgIpc) is 3.14. The number of hydrogen-bond acceptors (Lipinski definition) is 3. The molecule has 0 N–H and O–H groups in total. The van der Waals surface area contributed by atoms with Gasteiger partial charge in [0.1, 0.15) is 5.75 Å². The molecular weight excluding hydrogens is 338 g/mol. The molecule has 0 spiro atoms. The Morgan fingerprint density at radius 3 is 3.00 bits per heavy atom. The van der Waals surface area contributed by atoms with Gasteiger partial charge in [-0.1, -0.05) is 24.3 Å². The summed E-state index contributed by atoms with van der Waals surface area (Å²) in [6, 6.07) is 13.7. The normalized spacial score (nSPS) is 18.7. The third-order valence-corrected chi connectivity index (χ3v) is 6.98. The molecule has 1 aliphatic carbocycles. The van der Waals surface area contributed by atoms with Crippen molar-refractivity contribution >= 4 is 11.8 Å². The Kier molecular flexibility index (Phi) is 5.56. The number of rotatable bonds is 6. The first kappa shape index (κ1) is 17.9.